The van der Waals surface area contributed by atoms with Crippen LogP contribution in [0, 0.1) is 0 Å². The largest absolute Gasteiger partial charge is 0.307 e. The van der Waals surface area contributed by atoms with Crippen molar-refractivity contribution in [3.8, 4) is 0 Å². The highest BCUT2D eigenvalue weighted by molar-refractivity contribution is 9.09. The van der Waals surface area contributed by atoms with Crippen molar-refractivity contribution in [2.24, 2.45) is 7.05 Å². The van der Waals surface area contributed by atoms with E-state index in [2.05, 4.69) is 15.9 Å². The molecule has 6 heteroatoms. The summed E-state index contributed by atoms with van der Waals surface area (Å²) in [6, 6.07) is 3.33. The van der Waals surface area contributed by atoms with Crippen LogP contribution in [0.1, 0.15) is 10.4 Å². The van der Waals surface area contributed by atoms with Crippen molar-refractivity contribution in [1.82, 2.24) is 4.57 Å². The number of rotatable bonds is 2. The predicted molar refractivity (Wildman–Crippen MR) is 70.2 cm³/mol. The lowest BCUT2D eigenvalue weighted by Gasteiger charge is -2.02. The highest BCUT2D eigenvalue weighted by atomic mass is 79.9. The minimum Gasteiger partial charge on any atom is -0.302 e. The average Bonchev–Trinajstić information content (AvgIpc) is 2.53. The molecule has 0 N–H and O–H groups in total. The van der Waals surface area contributed by atoms with Crippen LogP contribution in [0.2, 0.25) is 5.02 Å². The lowest BCUT2D eigenvalue weighted by Crippen LogP contribution is -2.06. The molecule has 0 saturated carbocycles. The molecular formula is C10H7BrClNO2S. The van der Waals surface area contributed by atoms with E-state index in [1.54, 1.807) is 19.2 Å². The maximum atomic E-state index is 11.6. The topological polar surface area (TPSA) is 39.1 Å². The molecule has 84 valence electrons. The molecule has 0 bridgehead atoms. The monoisotopic (exact) mass is 319 g/mol. The first-order valence-corrected chi connectivity index (χ1v) is 6.74. The van der Waals surface area contributed by atoms with E-state index < -0.39 is 0 Å². The molecule has 2 rings (SSSR count). The number of thiazole rings is 1. The average molecular weight is 321 g/mol. The second-order valence-corrected chi connectivity index (χ2v) is 5.24. The number of hydrogen-bond acceptors (Lipinski definition) is 3. The summed E-state index contributed by atoms with van der Waals surface area (Å²) in [7, 11) is 1.68. The number of halogens is 2. The second-order valence-electron chi connectivity index (χ2n) is 3.28. The van der Waals surface area contributed by atoms with Crippen LogP contribution in [0.25, 0.3) is 10.2 Å². The van der Waals surface area contributed by atoms with Gasteiger partial charge >= 0.3 is 4.87 Å². The summed E-state index contributed by atoms with van der Waals surface area (Å²) < 4.78 is 2.30. The van der Waals surface area contributed by atoms with Gasteiger partial charge in [-0.2, -0.15) is 0 Å². The molecule has 0 spiro atoms. The van der Waals surface area contributed by atoms with Crippen LogP contribution in [0.5, 0.6) is 0 Å². The van der Waals surface area contributed by atoms with Gasteiger partial charge in [0.1, 0.15) is 0 Å². The molecule has 0 radical (unpaired) electrons. The minimum atomic E-state index is -0.0876. The van der Waals surface area contributed by atoms with E-state index in [0.29, 0.717) is 10.6 Å². The van der Waals surface area contributed by atoms with E-state index >= 15 is 0 Å². The number of alkyl halides is 1. The lowest BCUT2D eigenvalue weighted by molar-refractivity contribution is 0.102. The zero-order valence-electron chi connectivity index (χ0n) is 8.29. The fourth-order valence-electron chi connectivity index (χ4n) is 1.43. The van der Waals surface area contributed by atoms with E-state index in [9.17, 15) is 9.59 Å². The number of carbonyl (C=O) groups is 1. The molecule has 16 heavy (non-hydrogen) atoms. The number of ketones is 1. The molecular weight excluding hydrogens is 314 g/mol. The maximum absolute atomic E-state index is 11.6. The summed E-state index contributed by atoms with van der Waals surface area (Å²) in [5, 5.41) is 0.602. The van der Waals surface area contributed by atoms with Crippen LogP contribution in [0.3, 0.4) is 0 Å². The molecule has 1 heterocycles. The molecule has 0 aliphatic carbocycles. The fourth-order valence-corrected chi connectivity index (χ4v) is 2.90. The number of fused-ring (bicyclic) bond motifs is 1. The van der Waals surface area contributed by atoms with Crippen molar-refractivity contribution in [2.75, 3.05) is 5.33 Å². The van der Waals surface area contributed by atoms with Gasteiger partial charge in [-0.05, 0) is 12.1 Å². The maximum Gasteiger partial charge on any atom is 0.307 e. The first-order chi connectivity index (χ1) is 7.54. The van der Waals surface area contributed by atoms with Gasteiger partial charge in [0.05, 0.1) is 20.6 Å². The summed E-state index contributed by atoms with van der Waals surface area (Å²) >= 11 is 10.2. The van der Waals surface area contributed by atoms with Crippen LogP contribution in [0.15, 0.2) is 16.9 Å². The highest BCUT2D eigenvalue weighted by Gasteiger charge is 2.13. The van der Waals surface area contributed by atoms with Crippen LogP contribution >= 0.6 is 38.9 Å². The number of aromatic nitrogens is 1. The summed E-state index contributed by atoms with van der Waals surface area (Å²) in [5.41, 5.74) is 1.21. The summed E-state index contributed by atoms with van der Waals surface area (Å²) in [6.45, 7) is 0. The Labute approximate surface area is 109 Å². The number of aryl methyl sites for hydroxylation is 1. The molecule has 0 fully saturated rings. The Morgan fingerprint density at radius 1 is 1.56 bits per heavy atom. The molecule has 0 atom stereocenters. The van der Waals surface area contributed by atoms with Crippen LogP contribution < -0.4 is 4.87 Å². The summed E-state index contributed by atoms with van der Waals surface area (Å²) in [6.07, 6.45) is 0. The Balaban J connectivity index is 2.77. The first kappa shape index (κ1) is 11.8. The standard InChI is InChI=1S/C10H7BrClNO2S/c1-13-7-3-6(12)5(8(14)4-11)2-9(7)16-10(13)15/h2-3H,4H2,1H3. The Hall–Kier alpha value is -0.650. The number of hydrogen-bond donors (Lipinski definition) is 0. The molecule has 0 saturated heterocycles. The van der Waals surface area contributed by atoms with Gasteiger partial charge in [-0.25, -0.2) is 0 Å². The van der Waals surface area contributed by atoms with E-state index in [1.165, 1.54) is 4.57 Å². The van der Waals surface area contributed by atoms with Crippen molar-refractivity contribution >= 4 is 54.9 Å². The Kier molecular flexibility index (Phi) is 3.19. The molecule has 0 unspecified atom stereocenters. The minimum absolute atomic E-state index is 0.0606. The van der Waals surface area contributed by atoms with E-state index in [4.69, 9.17) is 11.6 Å². The molecule has 1 aromatic heterocycles. The zero-order valence-corrected chi connectivity index (χ0v) is 11.4. The van der Waals surface area contributed by atoms with E-state index in [1.807, 2.05) is 0 Å². The van der Waals surface area contributed by atoms with Crippen LogP contribution in [0.4, 0.5) is 0 Å². The number of benzene rings is 1. The van der Waals surface area contributed by atoms with Gasteiger partial charge in [0.25, 0.3) is 0 Å². The van der Waals surface area contributed by atoms with Crippen molar-refractivity contribution < 1.29 is 4.79 Å². The van der Waals surface area contributed by atoms with Crippen LogP contribution in [-0.2, 0) is 7.05 Å². The zero-order chi connectivity index (χ0) is 11.9. The summed E-state index contributed by atoms with van der Waals surface area (Å²) in [5.74, 6) is -0.0876. The molecule has 0 amide bonds. The van der Waals surface area contributed by atoms with Crippen molar-refractivity contribution in [2.45, 2.75) is 0 Å². The Morgan fingerprint density at radius 2 is 2.25 bits per heavy atom. The third-order valence-electron chi connectivity index (χ3n) is 2.30. The van der Waals surface area contributed by atoms with Crippen molar-refractivity contribution in [3.63, 3.8) is 0 Å². The number of nitrogens with zero attached hydrogens (tertiary/aromatic N) is 1. The molecule has 3 nitrogen and oxygen atoms in total. The van der Waals surface area contributed by atoms with Crippen LogP contribution in [-0.4, -0.2) is 15.7 Å². The second kappa shape index (κ2) is 4.31. The van der Waals surface area contributed by atoms with Gasteiger partial charge in [0.15, 0.2) is 5.78 Å². The normalized spacial score (nSPS) is 10.9. The van der Waals surface area contributed by atoms with E-state index in [-0.39, 0.29) is 16.0 Å². The lowest BCUT2D eigenvalue weighted by atomic mass is 10.1. The fraction of sp³-hybridized carbons (Fsp3) is 0.200. The highest BCUT2D eigenvalue weighted by Crippen LogP contribution is 2.26. The Morgan fingerprint density at radius 3 is 2.88 bits per heavy atom. The molecule has 0 aliphatic heterocycles. The van der Waals surface area contributed by atoms with Gasteiger partial charge in [-0.3, -0.25) is 9.59 Å². The predicted octanol–water partition coefficient (Wildman–Crippen LogP) is 2.83. The number of carbonyl (C=O) groups excluding carboxylic acids is 1. The molecule has 1 aromatic carbocycles. The quantitative estimate of drug-likeness (QED) is 0.630. The smallest absolute Gasteiger partial charge is 0.302 e. The SMILES string of the molecule is Cn1c(=O)sc2cc(C(=O)CBr)c(Cl)cc21. The summed E-state index contributed by atoms with van der Waals surface area (Å²) in [4.78, 5) is 22.9. The van der Waals surface area contributed by atoms with Crippen molar-refractivity contribution in [3.05, 3.63) is 32.4 Å². The Bertz CT molecular complexity index is 632. The van der Waals surface area contributed by atoms with E-state index in [0.717, 1.165) is 21.6 Å². The van der Waals surface area contributed by atoms with Gasteiger partial charge in [-0.15, -0.1) is 0 Å². The number of Topliss-reactive ketones (excluding diaryl/α,β-unsaturated/α-hetero) is 1. The first-order valence-electron chi connectivity index (χ1n) is 4.43. The third-order valence-corrected chi connectivity index (χ3v) is 4.12. The van der Waals surface area contributed by atoms with Gasteiger partial charge in [0, 0.05) is 12.6 Å². The van der Waals surface area contributed by atoms with Gasteiger partial charge in [-0.1, -0.05) is 38.9 Å². The molecule has 2 aromatic rings. The third kappa shape index (κ3) is 1.83. The van der Waals surface area contributed by atoms with Gasteiger partial charge < -0.3 is 4.57 Å². The molecule has 0 aliphatic rings. The van der Waals surface area contributed by atoms with Gasteiger partial charge in [0.2, 0.25) is 0 Å². The van der Waals surface area contributed by atoms with Crippen molar-refractivity contribution in [1.29, 1.82) is 0 Å².